The zero-order chi connectivity index (χ0) is 10.4. The van der Waals surface area contributed by atoms with Crippen LogP contribution in [0.1, 0.15) is 18.5 Å². The molecule has 14 heavy (non-hydrogen) atoms. The molecule has 0 aliphatic rings. The lowest BCUT2D eigenvalue weighted by Gasteiger charge is -2.06. The van der Waals surface area contributed by atoms with Crippen molar-refractivity contribution < 1.29 is 9.84 Å². The SMILES string of the molecule is CCOc1cc(C(C#N)CO)ncn1. The molecule has 0 amide bonds. The van der Waals surface area contributed by atoms with E-state index in [4.69, 9.17) is 15.1 Å². The van der Waals surface area contributed by atoms with Gasteiger partial charge in [-0.05, 0) is 6.92 Å². The summed E-state index contributed by atoms with van der Waals surface area (Å²) in [4.78, 5) is 7.75. The minimum absolute atomic E-state index is 0.251. The van der Waals surface area contributed by atoms with E-state index in [0.717, 1.165) is 0 Å². The summed E-state index contributed by atoms with van der Waals surface area (Å²) < 4.78 is 5.14. The summed E-state index contributed by atoms with van der Waals surface area (Å²) in [5.41, 5.74) is 0.480. The predicted molar refractivity (Wildman–Crippen MR) is 48.6 cm³/mol. The van der Waals surface area contributed by atoms with Crippen LogP contribution in [0, 0.1) is 11.3 Å². The molecule has 0 saturated heterocycles. The molecular weight excluding hydrogens is 182 g/mol. The van der Waals surface area contributed by atoms with E-state index < -0.39 is 5.92 Å². The Bertz CT molecular complexity index is 335. The average molecular weight is 193 g/mol. The second kappa shape index (κ2) is 5.14. The standard InChI is InChI=1S/C9H11N3O2/c1-2-14-9-3-8(11-6-12-9)7(4-10)5-13/h3,6-7,13H,2,5H2,1H3. The van der Waals surface area contributed by atoms with Gasteiger partial charge in [-0.3, -0.25) is 0 Å². The maximum atomic E-state index is 8.88. The van der Waals surface area contributed by atoms with Crippen LogP contribution in [0.5, 0.6) is 5.88 Å². The van der Waals surface area contributed by atoms with E-state index in [1.165, 1.54) is 6.33 Å². The molecule has 1 atom stereocenters. The summed E-state index contributed by atoms with van der Waals surface area (Å²) in [5, 5.41) is 17.6. The minimum atomic E-state index is -0.614. The van der Waals surface area contributed by atoms with E-state index >= 15 is 0 Å². The molecule has 0 aliphatic carbocycles. The highest BCUT2D eigenvalue weighted by Crippen LogP contribution is 2.15. The first-order valence-electron chi connectivity index (χ1n) is 4.27. The Labute approximate surface area is 82.0 Å². The van der Waals surface area contributed by atoms with Crippen molar-refractivity contribution in [3.05, 3.63) is 18.1 Å². The number of aliphatic hydroxyl groups excluding tert-OH is 1. The molecule has 1 aromatic heterocycles. The molecule has 0 radical (unpaired) electrons. The second-order valence-corrected chi connectivity index (χ2v) is 2.58. The molecule has 0 spiro atoms. The second-order valence-electron chi connectivity index (χ2n) is 2.58. The smallest absolute Gasteiger partial charge is 0.216 e. The van der Waals surface area contributed by atoms with Crippen LogP contribution in [0.4, 0.5) is 0 Å². The Balaban J connectivity index is 2.88. The van der Waals surface area contributed by atoms with E-state index in [1.807, 2.05) is 13.0 Å². The van der Waals surface area contributed by atoms with Crippen LogP contribution < -0.4 is 4.74 Å². The molecule has 1 rings (SSSR count). The van der Waals surface area contributed by atoms with Crippen LogP contribution in [-0.2, 0) is 0 Å². The lowest BCUT2D eigenvalue weighted by Crippen LogP contribution is -2.05. The van der Waals surface area contributed by atoms with Gasteiger partial charge in [0.15, 0.2) is 0 Å². The molecule has 74 valence electrons. The summed E-state index contributed by atoms with van der Waals surface area (Å²) in [6, 6.07) is 3.50. The van der Waals surface area contributed by atoms with Gasteiger partial charge in [-0.15, -0.1) is 0 Å². The Hall–Kier alpha value is -1.67. The zero-order valence-corrected chi connectivity index (χ0v) is 7.84. The first-order chi connectivity index (χ1) is 6.81. The van der Waals surface area contributed by atoms with Crippen molar-refractivity contribution >= 4 is 0 Å². The Kier molecular flexibility index (Phi) is 3.83. The topological polar surface area (TPSA) is 79.0 Å². The first kappa shape index (κ1) is 10.4. The molecule has 0 bridgehead atoms. The number of nitriles is 1. The quantitative estimate of drug-likeness (QED) is 0.752. The summed E-state index contributed by atoms with van der Waals surface area (Å²) in [5.74, 6) is -0.191. The maximum absolute atomic E-state index is 8.88. The molecule has 1 heterocycles. The van der Waals surface area contributed by atoms with Crippen LogP contribution in [0.2, 0.25) is 0 Å². The molecule has 1 aromatic rings. The Morgan fingerprint density at radius 1 is 1.64 bits per heavy atom. The lowest BCUT2D eigenvalue weighted by atomic mass is 10.1. The van der Waals surface area contributed by atoms with Gasteiger partial charge in [0.2, 0.25) is 5.88 Å². The monoisotopic (exact) mass is 193 g/mol. The number of nitrogens with zero attached hydrogens (tertiary/aromatic N) is 3. The number of aromatic nitrogens is 2. The molecule has 0 saturated carbocycles. The van der Waals surface area contributed by atoms with Crippen molar-refractivity contribution in [2.75, 3.05) is 13.2 Å². The molecule has 0 aromatic carbocycles. The van der Waals surface area contributed by atoms with Gasteiger partial charge < -0.3 is 9.84 Å². The average Bonchev–Trinajstić information content (AvgIpc) is 2.21. The minimum Gasteiger partial charge on any atom is -0.478 e. The maximum Gasteiger partial charge on any atom is 0.216 e. The molecule has 0 fully saturated rings. The predicted octanol–water partition coefficient (Wildman–Crippen LogP) is 0.475. The largest absolute Gasteiger partial charge is 0.478 e. The van der Waals surface area contributed by atoms with Gasteiger partial charge in [0, 0.05) is 6.07 Å². The third-order valence-electron chi connectivity index (χ3n) is 1.65. The van der Waals surface area contributed by atoms with E-state index in [-0.39, 0.29) is 6.61 Å². The van der Waals surface area contributed by atoms with Crippen molar-refractivity contribution in [3.8, 4) is 11.9 Å². The normalized spacial score (nSPS) is 11.8. The fourth-order valence-electron chi connectivity index (χ4n) is 0.971. The molecule has 5 heteroatoms. The van der Waals surface area contributed by atoms with E-state index in [0.29, 0.717) is 18.2 Å². The van der Waals surface area contributed by atoms with Crippen LogP contribution >= 0.6 is 0 Å². The van der Waals surface area contributed by atoms with E-state index in [2.05, 4.69) is 9.97 Å². The van der Waals surface area contributed by atoms with Crippen molar-refractivity contribution in [1.29, 1.82) is 5.26 Å². The molecule has 1 unspecified atom stereocenters. The van der Waals surface area contributed by atoms with Crippen molar-refractivity contribution in [3.63, 3.8) is 0 Å². The van der Waals surface area contributed by atoms with Crippen molar-refractivity contribution in [2.24, 2.45) is 0 Å². The van der Waals surface area contributed by atoms with E-state index in [1.54, 1.807) is 6.07 Å². The van der Waals surface area contributed by atoms with Gasteiger partial charge in [-0.2, -0.15) is 5.26 Å². The highest BCUT2D eigenvalue weighted by atomic mass is 16.5. The molecule has 5 nitrogen and oxygen atoms in total. The van der Waals surface area contributed by atoms with Gasteiger partial charge in [-0.25, -0.2) is 9.97 Å². The van der Waals surface area contributed by atoms with Crippen molar-refractivity contribution in [1.82, 2.24) is 9.97 Å². The molecular formula is C9H11N3O2. The Morgan fingerprint density at radius 2 is 2.43 bits per heavy atom. The fraction of sp³-hybridized carbons (Fsp3) is 0.444. The first-order valence-corrected chi connectivity index (χ1v) is 4.27. The number of rotatable bonds is 4. The molecule has 1 N–H and O–H groups in total. The highest BCUT2D eigenvalue weighted by molar-refractivity contribution is 5.21. The van der Waals surface area contributed by atoms with Crippen molar-refractivity contribution in [2.45, 2.75) is 12.8 Å². The molecule has 0 aliphatic heterocycles. The zero-order valence-electron chi connectivity index (χ0n) is 7.84. The lowest BCUT2D eigenvalue weighted by molar-refractivity contribution is 0.282. The number of hydrogen-bond donors (Lipinski definition) is 1. The van der Waals surface area contributed by atoms with Gasteiger partial charge in [0.05, 0.1) is 25.0 Å². The summed E-state index contributed by atoms with van der Waals surface area (Å²) in [7, 11) is 0. The summed E-state index contributed by atoms with van der Waals surface area (Å²) >= 11 is 0. The van der Waals surface area contributed by atoms with Crippen LogP contribution in [0.25, 0.3) is 0 Å². The Morgan fingerprint density at radius 3 is 3.00 bits per heavy atom. The third-order valence-corrected chi connectivity index (χ3v) is 1.65. The number of ether oxygens (including phenoxy) is 1. The van der Waals surface area contributed by atoms with Crippen LogP contribution in [-0.4, -0.2) is 28.3 Å². The number of aliphatic hydroxyl groups is 1. The summed E-state index contributed by atoms with van der Waals surface area (Å²) in [6.45, 7) is 2.10. The summed E-state index contributed by atoms with van der Waals surface area (Å²) in [6.07, 6.45) is 1.32. The van der Waals surface area contributed by atoms with Gasteiger partial charge in [0.25, 0.3) is 0 Å². The van der Waals surface area contributed by atoms with E-state index in [9.17, 15) is 0 Å². The van der Waals surface area contributed by atoms with Gasteiger partial charge in [-0.1, -0.05) is 0 Å². The van der Waals surface area contributed by atoms with Gasteiger partial charge >= 0.3 is 0 Å². The van der Waals surface area contributed by atoms with Crippen LogP contribution in [0.3, 0.4) is 0 Å². The fourth-order valence-corrected chi connectivity index (χ4v) is 0.971. The third kappa shape index (κ3) is 2.41. The highest BCUT2D eigenvalue weighted by Gasteiger charge is 2.11. The van der Waals surface area contributed by atoms with Crippen LogP contribution in [0.15, 0.2) is 12.4 Å². The van der Waals surface area contributed by atoms with Gasteiger partial charge in [0.1, 0.15) is 12.2 Å². The number of hydrogen-bond acceptors (Lipinski definition) is 5.